The van der Waals surface area contributed by atoms with E-state index in [0.29, 0.717) is 22.2 Å². The second kappa shape index (κ2) is 9.91. The molecule has 0 aliphatic heterocycles. The van der Waals surface area contributed by atoms with Gasteiger partial charge in [0.25, 0.3) is 6.47 Å². The predicted octanol–water partition coefficient (Wildman–Crippen LogP) is 8.12. The van der Waals surface area contributed by atoms with Crippen LogP contribution in [0.3, 0.4) is 0 Å². The van der Waals surface area contributed by atoms with Gasteiger partial charge in [0.05, 0.1) is 6.10 Å². The van der Waals surface area contributed by atoms with Gasteiger partial charge in [0, 0.05) is 0 Å². The Balaban J connectivity index is 0.000000603. The van der Waals surface area contributed by atoms with Crippen molar-refractivity contribution in [2.24, 2.45) is 51.2 Å². The van der Waals surface area contributed by atoms with Crippen LogP contribution in [0.2, 0.25) is 0 Å². The third-order valence-electron chi connectivity index (χ3n) is 12.0. The van der Waals surface area contributed by atoms with Crippen molar-refractivity contribution < 1.29 is 15.0 Å². The summed E-state index contributed by atoms with van der Waals surface area (Å²) in [7, 11) is 0. The molecule has 5 rings (SSSR count). The molecule has 0 radical (unpaired) electrons. The summed E-state index contributed by atoms with van der Waals surface area (Å²) in [5.74, 6) is 4.03. The summed E-state index contributed by atoms with van der Waals surface area (Å²) in [5.41, 5.74) is 3.42. The lowest BCUT2D eigenvalue weighted by Gasteiger charge is -2.68. The van der Waals surface area contributed by atoms with Crippen molar-refractivity contribution in [2.75, 3.05) is 0 Å². The maximum absolute atomic E-state index is 10.8. The first-order valence-electron chi connectivity index (χ1n) is 14.4. The lowest BCUT2D eigenvalue weighted by molar-refractivity contribution is -0.185. The molecular formula is C31H54O3. The number of allylic oxidation sites excluding steroid dienone is 2. The number of fused-ring (bicyclic) bond motifs is 7. The molecular weight excluding hydrogens is 420 g/mol. The van der Waals surface area contributed by atoms with Gasteiger partial charge >= 0.3 is 0 Å². The highest BCUT2D eigenvalue weighted by Crippen LogP contribution is 2.71. The molecule has 3 nitrogen and oxygen atoms in total. The first kappa shape index (κ1) is 27.8. The van der Waals surface area contributed by atoms with Crippen molar-refractivity contribution in [3.8, 4) is 0 Å². The highest BCUT2D eigenvalue weighted by atomic mass is 16.3. The largest absolute Gasteiger partial charge is 0.483 e. The van der Waals surface area contributed by atoms with Crippen molar-refractivity contribution in [1.82, 2.24) is 0 Å². The SMILES string of the molecule is CC.CC1CCCC2(C)CCC3C(=CCC4C3(C)CCC3C(C)(C)C(O)CCC34C)C12.O=CO. The van der Waals surface area contributed by atoms with Gasteiger partial charge in [-0.15, -0.1) is 0 Å². The Morgan fingerprint density at radius 3 is 2.15 bits per heavy atom. The van der Waals surface area contributed by atoms with Crippen molar-refractivity contribution in [2.45, 2.75) is 126 Å². The van der Waals surface area contributed by atoms with Crippen LogP contribution in [-0.4, -0.2) is 22.8 Å². The second-order valence-corrected chi connectivity index (χ2v) is 13.7. The molecule has 0 bridgehead atoms. The molecule has 2 N–H and O–H groups in total. The fraction of sp³-hybridized carbons (Fsp3) is 0.903. The summed E-state index contributed by atoms with van der Waals surface area (Å²) < 4.78 is 0. The van der Waals surface area contributed by atoms with Gasteiger partial charge in [-0.2, -0.15) is 0 Å². The average molecular weight is 475 g/mol. The minimum Gasteiger partial charge on any atom is -0.483 e. The van der Waals surface area contributed by atoms with E-state index >= 15 is 0 Å². The maximum Gasteiger partial charge on any atom is 0.290 e. The zero-order valence-electron chi connectivity index (χ0n) is 23.5. The molecule has 0 spiro atoms. The molecule has 196 valence electrons. The monoisotopic (exact) mass is 474 g/mol. The van der Waals surface area contributed by atoms with E-state index in [-0.39, 0.29) is 18.0 Å². The first-order valence-corrected chi connectivity index (χ1v) is 14.4. The highest BCUT2D eigenvalue weighted by molar-refractivity contribution is 5.32. The average Bonchev–Trinajstić information content (AvgIpc) is 2.77. The van der Waals surface area contributed by atoms with Gasteiger partial charge in [0.15, 0.2) is 0 Å². The molecule has 0 aromatic rings. The normalized spacial score (nSPS) is 48.6. The van der Waals surface area contributed by atoms with Crippen LogP contribution in [0.1, 0.15) is 120 Å². The van der Waals surface area contributed by atoms with Crippen molar-refractivity contribution in [3.63, 3.8) is 0 Å². The fourth-order valence-electron chi connectivity index (χ4n) is 10.5. The standard InChI is InChI=1S/C28H46O.C2H6.CH2O2/c1-18-8-7-14-26(4)15-11-20-19(24(18)26)9-10-22-27(20,5)16-12-21-25(2,3)23(29)13-17-28(21,22)6;1-2;2-1-3/h9,18,20-24,29H,7-8,10-17H2,1-6H3;1-2H3;1H,(H,2,3). The van der Waals surface area contributed by atoms with Gasteiger partial charge in [-0.05, 0) is 103 Å². The number of carboxylic acid groups (broad SMARTS) is 1. The van der Waals surface area contributed by atoms with E-state index in [1.807, 2.05) is 19.4 Å². The molecule has 5 aliphatic carbocycles. The summed E-state index contributed by atoms with van der Waals surface area (Å²) in [6, 6.07) is 0. The van der Waals surface area contributed by atoms with Crippen LogP contribution < -0.4 is 0 Å². The Bertz CT molecular complexity index is 756. The predicted molar refractivity (Wildman–Crippen MR) is 142 cm³/mol. The van der Waals surface area contributed by atoms with Gasteiger partial charge in [-0.1, -0.05) is 79.9 Å². The summed E-state index contributed by atoms with van der Waals surface area (Å²) in [4.78, 5) is 8.36. The molecule has 34 heavy (non-hydrogen) atoms. The van der Waals surface area contributed by atoms with Crippen LogP contribution in [0.5, 0.6) is 0 Å². The topological polar surface area (TPSA) is 57.5 Å². The van der Waals surface area contributed by atoms with E-state index in [1.165, 1.54) is 57.8 Å². The lowest BCUT2D eigenvalue weighted by atomic mass is 9.37. The molecule has 9 unspecified atom stereocenters. The molecule has 5 aliphatic rings. The first-order chi connectivity index (χ1) is 16.0. The van der Waals surface area contributed by atoms with Gasteiger partial charge in [-0.3, -0.25) is 4.79 Å². The number of carbonyl (C=O) groups is 1. The van der Waals surface area contributed by atoms with Gasteiger partial charge in [0.1, 0.15) is 0 Å². The number of hydrogen-bond donors (Lipinski definition) is 2. The number of aliphatic hydroxyl groups excluding tert-OH is 1. The molecule has 0 aromatic heterocycles. The minimum absolute atomic E-state index is 0.0708. The number of rotatable bonds is 0. The smallest absolute Gasteiger partial charge is 0.290 e. The quantitative estimate of drug-likeness (QED) is 0.275. The van der Waals surface area contributed by atoms with Crippen molar-refractivity contribution >= 4 is 6.47 Å². The summed E-state index contributed by atoms with van der Waals surface area (Å²) >= 11 is 0. The van der Waals surface area contributed by atoms with E-state index in [9.17, 15) is 5.11 Å². The van der Waals surface area contributed by atoms with Crippen molar-refractivity contribution in [3.05, 3.63) is 11.6 Å². The minimum atomic E-state index is -0.250. The van der Waals surface area contributed by atoms with Crippen LogP contribution >= 0.6 is 0 Å². The molecule has 0 amide bonds. The molecule has 4 fully saturated rings. The zero-order chi connectivity index (χ0) is 25.5. The highest BCUT2D eigenvalue weighted by Gasteiger charge is 2.64. The third kappa shape index (κ3) is 4.10. The van der Waals surface area contributed by atoms with Gasteiger partial charge < -0.3 is 10.2 Å². The van der Waals surface area contributed by atoms with E-state index in [0.717, 1.165) is 30.1 Å². The Labute approximate surface area is 210 Å². The van der Waals surface area contributed by atoms with E-state index < -0.39 is 0 Å². The van der Waals surface area contributed by atoms with Gasteiger partial charge in [-0.25, -0.2) is 0 Å². The fourth-order valence-corrected chi connectivity index (χ4v) is 10.5. The second-order valence-electron chi connectivity index (χ2n) is 13.7. The Kier molecular flexibility index (Phi) is 8.09. The number of hydrogen-bond acceptors (Lipinski definition) is 2. The Morgan fingerprint density at radius 1 is 0.882 bits per heavy atom. The number of aliphatic hydroxyl groups is 1. The third-order valence-corrected chi connectivity index (χ3v) is 12.0. The molecule has 0 heterocycles. The summed E-state index contributed by atoms with van der Waals surface area (Å²) in [5, 5.41) is 17.7. The van der Waals surface area contributed by atoms with Crippen molar-refractivity contribution in [1.29, 1.82) is 0 Å². The van der Waals surface area contributed by atoms with Crippen LogP contribution in [0.15, 0.2) is 11.6 Å². The van der Waals surface area contributed by atoms with Crippen LogP contribution in [0.25, 0.3) is 0 Å². The molecule has 9 atom stereocenters. The Hall–Kier alpha value is -0.830. The molecule has 0 saturated heterocycles. The molecule has 0 aromatic carbocycles. The van der Waals surface area contributed by atoms with E-state index in [4.69, 9.17) is 9.90 Å². The summed E-state index contributed by atoms with van der Waals surface area (Å²) in [6.45, 7) is 19.0. The van der Waals surface area contributed by atoms with E-state index in [2.05, 4.69) is 47.6 Å². The van der Waals surface area contributed by atoms with Gasteiger partial charge in [0.2, 0.25) is 0 Å². The zero-order valence-corrected chi connectivity index (χ0v) is 23.5. The van der Waals surface area contributed by atoms with Crippen LogP contribution in [0.4, 0.5) is 0 Å². The lowest BCUT2D eigenvalue weighted by Crippen LogP contribution is -2.61. The van der Waals surface area contributed by atoms with Crippen LogP contribution in [0, 0.1) is 51.2 Å². The molecule has 4 saturated carbocycles. The van der Waals surface area contributed by atoms with E-state index in [1.54, 1.807) is 0 Å². The maximum atomic E-state index is 10.8. The Morgan fingerprint density at radius 2 is 1.50 bits per heavy atom. The summed E-state index contributed by atoms with van der Waals surface area (Å²) in [6.07, 6.45) is 16.2. The molecule has 3 heteroatoms. The van der Waals surface area contributed by atoms with Crippen LogP contribution in [-0.2, 0) is 4.79 Å².